The van der Waals surface area contributed by atoms with Crippen LogP contribution in [0.2, 0.25) is 0 Å². The van der Waals surface area contributed by atoms with Crippen LogP contribution >= 0.6 is 36.6 Å². The Morgan fingerprint density at radius 3 is 2.54 bits per heavy atom. The molecule has 1 unspecified atom stereocenters. The molecule has 6 nitrogen and oxygen atoms in total. The second-order valence-electron chi connectivity index (χ2n) is 6.12. The Labute approximate surface area is 181 Å². The van der Waals surface area contributed by atoms with Gasteiger partial charge < -0.3 is 16.0 Å². The number of halogens is 2. The average molecular weight is 443 g/mol. The van der Waals surface area contributed by atoms with Gasteiger partial charge in [0.15, 0.2) is 0 Å². The molecule has 0 bridgehead atoms. The first-order chi connectivity index (χ1) is 12.6. The highest BCUT2D eigenvalue weighted by Gasteiger charge is 2.22. The summed E-state index contributed by atoms with van der Waals surface area (Å²) < 4.78 is 0. The highest BCUT2D eigenvalue weighted by molar-refractivity contribution is 7.99. The third-order valence-electron chi connectivity index (χ3n) is 4.07. The van der Waals surface area contributed by atoms with Crippen molar-refractivity contribution in [2.24, 2.45) is 5.73 Å². The van der Waals surface area contributed by atoms with Gasteiger partial charge in [0, 0.05) is 29.5 Å². The SMILES string of the molecule is Cl.Cl.NC(=O)CN(Cc1ccccc1)c1cccc(NC(=O)C2CSCN2)c1. The Morgan fingerprint density at radius 1 is 1.14 bits per heavy atom. The molecule has 4 N–H and O–H groups in total. The van der Waals surface area contributed by atoms with E-state index in [1.54, 1.807) is 11.8 Å². The smallest absolute Gasteiger partial charge is 0.242 e. The van der Waals surface area contributed by atoms with Crippen LogP contribution in [0.25, 0.3) is 0 Å². The molecule has 0 radical (unpaired) electrons. The number of nitrogens with two attached hydrogens (primary N) is 1. The predicted octanol–water partition coefficient (Wildman–Crippen LogP) is 2.62. The van der Waals surface area contributed by atoms with Crippen molar-refractivity contribution in [3.63, 3.8) is 0 Å². The van der Waals surface area contributed by atoms with Crippen LogP contribution < -0.4 is 21.3 Å². The molecular formula is C19H24Cl2N4O2S. The first-order valence-corrected chi connectivity index (χ1v) is 9.56. The van der Waals surface area contributed by atoms with E-state index in [-0.39, 0.29) is 43.3 Å². The number of benzene rings is 2. The molecule has 1 aliphatic rings. The second-order valence-corrected chi connectivity index (χ2v) is 7.15. The molecule has 0 saturated carbocycles. The Hall–Kier alpha value is -1.93. The van der Waals surface area contributed by atoms with E-state index in [0.29, 0.717) is 12.2 Å². The van der Waals surface area contributed by atoms with Crippen LogP contribution in [0.1, 0.15) is 5.56 Å². The molecule has 152 valence electrons. The Morgan fingerprint density at radius 2 is 1.89 bits per heavy atom. The van der Waals surface area contributed by atoms with E-state index in [2.05, 4.69) is 10.6 Å². The van der Waals surface area contributed by atoms with Crippen LogP contribution in [0.3, 0.4) is 0 Å². The fraction of sp³-hybridized carbons (Fsp3) is 0.263. The maximum atomic E-state index is 12.3. The number of hydrogen-bond donors (Lipinski definition) is 3. The van der Waals surface area contributed by atoms with E-state index in [4.69, 9.17) is 5.73 Å². The number of amides is 2. The second kappa shape index (κ2) is 11.8. The topological polar surface area (TPSA) is 87.5 Å². The largest absolute Gasteiger partial charge is 0.368 e. The Bertz CT molecular complexity index is 774. The lowest BCUT2D eigenvalue weighted by Crippen LogP contribution is -2.37. The first-order valence-electron chi connectivity index (χ1n) is 8.41. The lowest BCUT2D eigenvalue weighted by atomic mass is 10.2. The molecule has 0 aliphatic carbocycles. The van der Waals surface area contributed by atoms with E-state index < -0.39 is 5.91 Å². The van der Waals surface area contributed by atoms with Gasteiger partial charge in [-0.05, 0) is 23.8 Å². The van der Waals surface area contributed by atoms with Gasteiger partial charge in [0.25, 0.3) is 0 Å². The van der Waals surface area contributed by atoms with Crippen molar-refractivity contribution in [3.8, 4) is 0 Å². The third kappa shape index (κ3) is 6.91. The van der Waals surface area contributed by atoms with Gasteiger partial charge in [0.1, 0.15) is 0 Å². The summed E-state index contributed by atoms with van der Waals surface area (Å²) in [5, 5.41) is 6.09. The summed E-state index contributed by atoms with van der Waals surface area (Å²) in [4.78, 5) is 25.7. The minimum absolute atomic E-state index is 0. The van der Waals surface area contributed by atoms with Crippen LogP contribution in [-0.2, 0) is 16.1 Å². The van der Waals surface area contributed by atoms with Crippen LogP contribution in [-0.4, -0.2) is 36.0 Å². The summed E-state index contributed by atoms with van der Waals surface area (Å²) in [6.45, 7) is 0.662. The van der Waals surface area contributed by atoms with Crippen molar-refractivity contribution in [3.05, 3.63) is 60.2 Å². The van der Waals surface area contributed by atoms with Crippen molar-refractivity contribution >= 4 is 59.8 Å². The lowest BCUT2D eigenvalue weighted by Gasteiger charge is -2.24. The number of nitrogens with zero attached hydrogens (tertiary/aromatic N) is 1. The predicted molar refractivity (Wildman–Crippen MR) is 121 cm³/mol. The molecule has 28 heavy (non-hydrogen) atoms. The van der Waals surface area contributed by atoms with Crippen molar-refractivity contribution in [2.75, 3.05) is 28.4 Å². The zero-order valence-corrected chi connectivity index (χ0v) is 17.6. The molecule has 0 spiro atoms. The van der Waals surface area contributed by atoms with Crippen LogP contribution in [0, 0.1) is 0 Å². The zero-order valence-electron chi connectivity index (χ0n) is 15.2. The van der Waals surface area contributed by atoms with Gasteiger partial charge >= 0.3 is 0 Å². The number of anilines is 2. The number of carbonyl (C=O) groups excluding carboxylic acids is 2. The van der Waals surface area contributed by atoms with Crippen LogP contribution in [0.15, 0.2) is 54.6 Å². The fourth-order valence-electron chi connectivity index (χ4n) is 2.80. The molecule has 1 aliphatic heterocycles. The molecular weight excluding hydrogens is 419 g/mol. The average Bonchev–Trinajstić information content (AvgIpc) is 3.17. The Kier molecular flexibility index (Phi) is 10.2. The number of primary amides is 1. The third-order valence-corrected chi connectivity index (χ3v) is 5.01. The van der Waals surface area contributed by atoms with E-state index >= 15 is 0 Å². The lowest BCUT2D eigenvalue weighted by molar-refractivity contribution is -0.118. The molecule has 2 aromatic rings. The molecule has 1 fully saturated rings. The minimum Gasteiger partial charge on any atom is -0.368 e. The molecule has 1 saturated heterocycles. The minimum atomic E-state index is -0.400. The summed E-state index contributed by atoms with van der Waals surface area (Å²) in [7, 11) is 0. The molecule has 9 heteroatoms. The summed E-state index contributed by atoms with van der Waals surface area (Å²) in [6.07, 6.45) is 0. The molecule has 3 rings (SSSR count). The normalized spacial score (nSPS) is 15.1. The highest BCUT2D eigenvalue weighted by Crippen LogP contribution is 2.22. The van der Waals surface area contributed by atoms with Gasteiger partial charge in [0.05, 0.1) is 12.6 Å². The van der Waals surface area contributed by atoms with Crippen molar-refractivity contribution in [1.82, 2.24) is 5.32 Å². The van der Waals surface area contributed by atoms with Gasteiger partial charge in [-0.1, -0.05) is 36.4 Å². The molecule has 2 amide bonds. The number of carbonyl (C=O) groups is 2. The van der Waals surface area contributed by atoms with Crippen LogP contribution in [0.5, 0.6) is 0 Å². The summed E-state index contributed by atoms with van der Waals surface area (Å²) >= 11 is 1.71. The van der Waals surface area contributed by atoms with E-state index in [1.807, 2.05) is 59.5 Å². The number of nitrogens with one attached hydrogen (secondary N) is 2. The quantitative estimate of drug-likeness (QED) is 0.613. The van der Waals surface area contributed by atoms with E-state index in [9.17, 15) is 9.59 Å². The standard InChI is InChI=1S/C19H22N4O2S.2ClH/c20-18(24)11-23(10-14-5-2-1-3-6-14)16-8-4-7-15(9-16)22-19(25)17-12-26-13-21-17;;/h1-9,17,21H,10-13H2,(H2,20,24)(H,22,25);2*1H. The van der Waals surface area contributed by atoms with E-state index in [0.717, 1.165) is 22.9 Å². The Balaban J connectivity index is 0.00000196. The van der Waals surface area contributed by atoms with Crippen LogP contribution in [0.4, 0.5) is 11.4 Å². The fourth-order valence-corrected chi connectivity index (χ4v) is 3.75. The number of hydrogen-bond acceptors (Lipinski definition) is 5. The molecule has 0 aromatic heterocycles. The summed E-state index contributed by atoms with van der Waals surface area (Å²) in [5.74, 6) is 1.12. The van der Waals surface area contributed by atoms with Crippen molar-refractivity contribution in [2.45, 2.75) is 12.6 Å². The molecule has 1 atom stereocenters. The van der Waals surface area contributed by atoms with Gasteiger partial charge in [-0.2, -0.15) is 0 Å². The first kappa shape index (κ1) is 24.1. The molecule has 1 heterocycles. The highest BCUT2D eigenvalue weighted by atomic mass is 35.5. The summed E-state index contributed by atoms with van der Waals surface area (Å²) in [5.41, 5.74) is 8.04. The maximum absolute atomic E-state index is 12.3. The van der Waals surface area contributed by atoms with Crippen molar-refractivity contribution < 1.29 is 9.59 Å². The van der Waals surface area contributed by atoms with Gasteiger partial charge in [-0.3, -0.25) is 14.9 Å². The number of thioether (sulfide) groups is 1. The molecule has 2 aromatic carbocycles. The van der Waals surface area contributed by atoms with Gasteiger partial charge in [-0.15, -0.1) is 36.6 Å². The number of rotatable bonds is 7. The zero-order chi connectivity index (χ0) is 18.4. The summed E-state index contributed by atoms with van der Waals surface area (Å²) in [6, 6.07) is 17.2. The van der Waals surface area contributed by atoms with Crippen molar-refractivity contribution in [1.29, 1.82) is 0 Å². The van der Waals surface area contributed by atoms with Gasteiger partial charge in [-0.25, -0.2) is 0 Å². The maximum Gasteiger partial charge on any atom is 0.242 e. The monoisotopic (exact) mass is 442 g/mol. The van der Waals surface area contributed by atoms with E-state index in [1.165, 1.54) is 0 Å². The van der Waals surface area contributed by atoms with Gasteiger partial charge in [0.2, 0.25) is 11.8 Å².